The van der Waals surface area contributed by atoms with Crippen LogP contribution in [-0.4, -0.2) is 24.7 Å². The summed E-state index contributed by atoms with van der Waals surface area (Å²) < 4.78 is 5.77. The Morgan fingerprint density at radius 1 is 1.40 bits per heavy atom. The van der Waals surface area contributed by atoms with Crippen LogP contribution in [0.15, 0.2) is 0 Å². The van der Waals surface area contributed by atoms with Crippen molar-refractivity contribution in [3.05, 3.63) is 0 Å². The molecule has 3 rings (SSSR count). The van der Waals surface area contributed by atoms with Crippen LogP contribution in [0.3, 0.4) is 0 Å². The van der Waals surface area contributed by atoms with Crippen molar-refractivity contribution in [2.24, 2.45) is 16.7 Å². The van der Waals surface area contributed by atoms with Gasteiger partial charge in [0.2, 0.25) is 5.91 Å². The largest absolute Gasteiger partial charge is 0.366 e. The molecular formula is C12H19NO2. The van der Waals surface area contributed by atoms with Crippen molar-refractivity contribution in [2.45, 2.75) is 45.8 Å². The Morgan fingerprint density at radius 3 is 2.87 bits per heavy atom. The Balaban J connectivity index is 2.01. The van der Waals surface area contributed by atoms with E-state index in [1.54, 1.807) is 0 Å². The molecule has 1 heterocycles. The van der Waals surface area contributed by atoms with Crippen LogP contribution in [0.4, 0.5) is 0 Å². The number of amides is 1. The SMILES string of the molecule is CC1(C)C2CCC1(C)[C@@H]1OCC(=O)N[C@H]21. The molecule has 1 amide bonds. The minimum atomic E-state index is 0.0585. The van der Waals surface area contributed by atoms with Gasteiger partial charge in [-0.3, -0.25) is 4.79 Å². The van der Waals surface area contributed by atoms with Gasteiger partial charge in [0.1, 0.15) is 6.61 Å². The second-order valence-corrected chi connectivity index (χ2v) is 6.11. The lowest BCUT2D eigenvalue weighted by atomic mass is 9.70. The van der Waals surface area contributed by atoms with Gasteiger partial charge >= 0.3 is 0 Å². The minimum Gasteiger partial charge on any atom is -0.366 e. The van der Waals surface area contributed by atoms with E-state index in [-0.39, 0.29) is 30.1 Å². The Kier molecular flexibility index (Phi) is 1.65. The molecule has 4 atom stereocenters. The number of ether oxygens (including phenoxy) is 1. The van der Waals surface area contributed by atoms with Gasteiger partial charge in [-0.15, -0.1) is 0 Å². The lowest BCUT2D eigenvalue weighted by Crippen LogP contribution is -2.56. The van der Waals surface area contributed by atoms with Crippen LogP contribution >= 0.6 is 0 Å². The number of carbonyl (C=O) groups is 1. The van der Waals surface area contributed by atoms with Gasteiger partial charge in [-0.25, -0.2) is 0 Å². The molecule has 0 radical (unpaired) electrons. The van der Waals surface area contributed by atoms with Crippen LogP contribution in [0.5, 0.6) is 0 Å². The zero-order valence-corrected chi connectivity index (χ0v) is 9.67. The highest BCUT2D eigenvalue weighted by molar-refractivity contribution is 5.78. The number of hydrogen-bond donors (Lipinski definition) is 1. The molecule has 0 aromatic heterocycles. The summed E-state index contributed by atoms with van der Waals surface area (Å²) >= 11 is 0. The molecule has 0 aromatic rings. The fourth-order valence-corrected chi connectivity index (χ4v) is 4.16. The van der Waals surface area contributed by atoms with Gasteiger partial charge in [0, 0.05) is 5.41 Å². The van der Waals surface area contributed by atoms with E-state index in [2.05, 4.69) is 26.1 Å². The van der Waals surface area contributed by atoms with Crippen LogP contribution in [0.1, 0.15) is 33.6 Å². The zero-order valence-electron chi connectivity index (χ0n) is 9.67. The molecule has 84 valence electrons. The van der Waals surface area contributed by atoms with Crippen LogP contribution in [0, 0.1) is 16.7 Å². The Hall–Kier alpha value is -0.570. The molecule has 3 fully saturated rings. The average Bonchev–Trinajstić information content (AvgIpc) is 2.47. The quantitative estimate of drug-likeness (QED) is 0.653. The van der Waals surface area contributed by atoms with Crippen molar-refractivity contribution in [3.63, 3.8) is 0 Å². The standard InChI is InChI=1S/C12H19NO2/c1-11(2)7-4-5-12(11,3)10-9(7)13-8(14)6-15-10/h7,9-10H,4-6H2,1-3H3,(H,13,14)/t7?,9-,10-,12?/m1/s1. The van der Waals surface area contributed by atoms with E-state index in [0.29, 0.717) is 11.3 Å². The smallest absolute Gasteiger partial charge is 0.246 e. The van der Waals surface area contributed by atoms with Crippen molar-refractivity contribution in [2.75, 3.05) is 6.61 Å². The van der Waals surface area contributed by atoms with Gasteiger partial charge < -0.3 is 10.1 Å². The molecule has 3 heteroatoms. The van der Waals surface area contributed by atoms with Crippen LogP contribution in [0.2, 0.25) is 0 Å². The van der Waals surface area contributed by atoms with E-state index in [1.807, 2.05) is 0 Å². The monoisotopic (exact) mass is 209 g/mol. The highest BCUT2D eigenvalue weighted by atomic mass is 16.5. The number of carbonyl (C=O) groups excluding carboxylic acids is 1. The minimum absolute atomic E-state index is 0.0585. The summed E-state index contributed by atoms with van der Waals surface area (Å²) in [6.45, 7) is 7.24. The first-order valence-electron chi connectivity index (χ1n) is 5.88. The predicted molar refractivity (Wildman–Crippen MR) is 56.3 cm³/mol. The zero-order chi connectivity index (χ0) is 10.8. The number of hydrogen-bond acceptors (Lipinski definition) is 2. The van der Waals surface area contributed by atoms with E-state index < -0.39 is 0 Å². The first-order valence-corrected chi connectivity index (χ1v) is 5.88. The van der Waals surface area contributed by atoms with Gasteiger partial charge in [0.25, 0.3) is 0 Å². The summed E-state index contributed by atoms with van der Waals surface area (Å²) in [5.74, 6) is 0.653. The van der Waals surface area contributed by atoms with Crippen LogP contribution in [0.25, 0.3) is 0 Å². The summed E-state index contributed by atoms with van der Waals surface area (Å²) in [6, 6.07) is 0.264. The predicted octanol–water partition coefficient (Wildman–Crippen LogP) is 1.33. The maximum absolute atomic E-state index is 11.4. The topological polar surface area (TPSA) is 38.3 Å². The molecule has 1 aliphatic heterocycles. The summed E-state index contributed by atoms with van der Waals surface area (Å²) in [7, 11) is 0. The maximum atomic E-state index is 11.4. The van der Waals surface area contributed by atoms with Crippen molar-refractivity contribution >= 4 is 5.91 Å². The second-order valence-electron chi connectivity index (χ2n) is 6.11. The van der Waals surface area contributed by atoms with E-state index in [0.717, 1.165) is 0 Å². The Bertz CT molecular complexity index is 326. The molecule has 2 unspecified atom stereocenters. The van der Waals surface area contributed by atoms with Crippen molar-refractivity contribution in [3.8, 4) is 0 Å². The molecular weight excluding hydrogens is 190 g/mol. The average molecular weight is 209 g/mol. The Labute approximate surface area is 90.6 Å². The van der Waals surface area contributed by atoms with Gasteiger partial charge in [-0.05, 0) is 24.2 Å². The Morgan fingerprint density at radius 2 is 2.13 bits per heavy atom. The molecule has 2 aliphatic carbocycles. The molecule has 1 saturated heterocycles. The molecule has 1 N–H and O–H groups in total. The van der Waals surface area contributed by atoms with Crippen molar-refractivity contribution in [1.29, 1.82) is 0 Å². The molecule has 2 saturated carbocycles. The third-order valence-electron chi connectivity index (χ3n) is 5.48. The normalized spacial score (nSPS) is 51.4. The third-order valence-corrected chi connectivity index (χ3v) is 5.48. The molecule has 3 aliphatic rings. The van der Waals surface area contributed by atoms with E-state index in [9.17, 15) is 4.79 Å². The number of fused-ring (bicyclic) bond motifs is 5. The molecule has 15 heavy (non-hydrogen) atoms. The van der Waals surface area contributed by atoms with Gasteiger partial charge in [-0.1, -0.05) is 20.8 Å². The summed E-state index contributed by atoms with van der Waals surface area (Å²) in [6.07, 6.45) is 2.71. The number of morpholine rings is 1. The van der Waals surface area contributed by atoms with Crippen LogP contribution < -0.4 is 5.32 Å². The van der Waals surface area contributed by atoms with Crippen molar-refractivity contribution < 1.29 is 9.53 Å². The van der Waals surface area contributed by atoms with E-state index >= 15 is 0 Å². The molecule has 0 spiro atoms. The molecule has 3 nitrogen and oxygen atoms in total. The van der Waals surface area contributed by atoms with E-state index in [4.69, 9.17) is 4.74 Å². The number of nitrogens with one attached hydrogen (secondary N) is 1. The fraction of sp³-hybridized carbons (Fsp3) is 0.917. The first-order chi connectivity index (χ1) is 6.97. The molecule has 0 aromatic carbocycles. The maximum Gasteiger partial charge on any atom is 0.246 e. The summed E-state index contributed by atoms with van der Waals surface area (Å²) in [5, 5.41) is 3.13. The van der Waals surface area contributed by atoms with Crippen molar-refractivity contribution in [1.82, 2.24) is 5.32 Å². The second kappa shape index (κ2) is 2.57. The van der Waals surface area contributed by atoms with Crippen LogP contribution in [-0.2, 0) is 9.53 Å². The lowest BCUT2D eigenvalue weighted by molar-refractivity contribution is -0.144. The lowest BCUT2D eigenvalue weighted by Gasteiger charge is -2.41. The summed E-state index contributed by atoms with van der Waals surface area (Å²) in [4.78, 5) is 11.4. The first kappa shape index (κ1) is 9.64. The fourth-order valence-electron chi connectivity index (χ4n) is 4.16. The molecule has 2 bridgehead atoms. The van der Waals surface area contributed by atoms with Gasteiger partial charge in [0.05, 0.1) is 12.1 Å². The van der Waals surface area contributed by atoms with Gasteiger partial charge in [-0.2, -0.15) is 0 Å². The number of rotatable bonds is 0. The highest BCUT2D eigenvalue weighted by Gasteiger charge is 2.67. The summed E-state index contributed by atoms with van der Waals surface area (Å²) in [5.41, 5.74) is 0.538. The van der Waals surface area contributed by atoms with E-state index in [1.165, 1.54) is 12.8 Å². The third kappa shape index (κ3) is 0.930. The van der Waals surface area contributed by atoms with Gasteiger partial charge in [0.15, 0.2) is 0 Å². The highest BCUT2D eigenvalue weighted by Crippen LogP contribution is 2.66.